The molecule has 1 aromatic rings. The molecule has 1 N–H and O–H groups in total. The molecule has 1 aliphatic rings. The molecule has 1 saturated heterocycles. The van der Waals surface area contributed by atoms with Gasteiger partial charge in [0.15, 0.2) is 0 Å². The standard InChI is InChI=1S/C16H25N3O2/c1-5-19(6-2)15(20)14-11-13(7-9-17-14)18-16(4)8-10-21-12(16)3/h7,9,11-12H,5-6,8,10H2,1-4H3,(H,17,18). The first-order chi connectivity index (χ1) is 10.00. The molecule has 0 bridgehead atoms. The summed E-state index contributed by atoms with van der Waals surface area (Å²) in [6.07, 6.45) is 2.78. The van der Waals surface area contributed by atoms with Gasteiger partial charge in [0.25, 0.3) is 5.91 Å². The summed E-state index contributed by atoms with van der Waals surface area (Å²) in [4.78, 5) is 18.3. The molecule has 21 heavy (non-hydrogen) atoms. The summed E-state index contributed by atoms with van der Waals surface area (Å²) in [5.74, 6) is -0.0236. The van der Waals surface area contributed by atoms with Crippen molar-refractivity contribution in [2.45, 2.75) is 45.8 Å². The first-order valence-corrected chi connectivity index (χ1v) is 7.65. The van der Waals surface area contributed by atoms with E-state index in [0.29, 0.717) is 18.8 Å². The lowest BCUT2D eigenvalue weighted by molar-refractivity contribution is 0.0767. The molecule has 1 amide bonds. The molecule has 0 saturated carbocycles. The number of nitrogens with zero attached hydrogens (tertiary/aromatic N) is 2. The second kappa shape index (κ2) is 6.43. The predicted molar refractivity (Wildman–Crippen MR) is 83.5 cm³/mol. The van der Waals surface area contributed by atoms with Crippen molar-refractivity contribution in [3.63, 3.8) is 0 Å². The average molecular weight is 291 g/mol. The van der Waals surface area contributed by atoms with Gasteiger partial charge in [0, 0.05) is 31.6 Å². The number of carbonyl (C=O) groups excluding carboxylic acids is 1. The van der Waals surface area contributed by atoms with E-state index in [4.69, 9.17) is 4.74 Å². The van der Waals surface area contributed by atoms with Crippen molar-refractivity contribution in [1.29, 1.82) is 0 Å². The summed E-state index contributed by atoms with van der Waals surface area (Å²) in [6.45, 7) is 10.3. The highest BCUT2D eigenvalue weighted by atomic mass is 16.5. The number of anilines is 1. The Morgan fingerprint density at radius 3 is 2.81 bits per heavy atom. The molecule has 5 heteroatoms. The molecular formula is C16H25N3O2. The van der Waals surface area contributed by atoms with Crippen LogP contribution in [0.4, 0.5) is 5.69 Å². The number of ether oxygens (including phenoxy) is 1. The zero-order valence-electron chi connectivity index (χ0n) is 13.3. The lowest BCUT2D eigenvalue weighted by atomic mass is 9.94. The Kier molecular flexibility index (Phi) is 4.83. The number of hydrogen-bond acceptors (Lipinski definition) is 4. The zero-order valence-corrected chi connectivity index (χ0v) is 13.3. The molecule has 1 fully saturated rings. The van der Waals surface area contributed by atoms with Crippen molar-refractivity contribution >= 4 is 11.6 Å². The molecule has 0 aromatic carbocycles. The van der Waals surface area contributed by atoms with Crippen LogP contribution in [0.15, 0.2) is 18.3 Å². The van der Waals surface area contributed by atoms with Gasteiger partial charge in [-0.25, -0.2) is 0 Å². The maximum atomic E-state index is 12.4. The number of rotatable bonds is 5. The summed E-state index contributed by atoms with van der Waals surface area (Å²) in [5, 5.41) is 3.50. The third-order valence-corrected chi connectivity index (χ3v) is 4.35. The van der Waals surface area contributed by atoms with E-state index in [-0.39, 0.29) is 17.6 Å². The van der Waals surface area contributed by atoms with Gasteiger partial charge in [-0.05, 0) is 46.2 Å². The molecule has 2 heterocycles. The maximum Gasteiger partial charge on any atom is 0.272 e. The predicted octanol–water partition coefficient (Wildman–Crippen LogP) is 2.54. The number of amides is 1. The van der Waals surface area contributed by atoms with E-state index in [1.165, 1.54) is 0 Å². The smallest absolute Gasteiger partial charge is 0.272 e. The van der Waals surface area contributed by atoms with E-state index in [2.05, 4.69) is 24.1 Å². The molecule has 5 nitrogen and oxygen atoms in total. The second-order valence-electron chi connectivity index (χ2n) is 5.71. The van der Waals surface area contributed by atoms with Gasteiger partial charge in [0.05, 0.1) is 11.6 Å². The van der Waals surface area contributed by atoms with Gasteiger partial charge in [0.2, 0.25) is 0 Å². The summed E-state index contributed by atoms with van der Waals surface area (Å²) in [6, 6.07) is 3.73. The van der Waals surface area contributed by atoms with E-state index in [1.807, 2.05) is 26.0 Å². The molecular weight excluding hydrogens is 266 g/mol. The molecule has 0 radical (unpaired) electrons. The maximum absolute atomic E-state index is 12.4. The Hall–Kier alpha value is -1.62. The first kappa shape index (κ1) is 15.8. The fraction of sp³-hybridized carbons (Fsp3) is 0.625. The Morgan fingerprint density at radius 1 is 1.52 bits per heavy atom. The largest absolute Gasteiger partial charge is 0.377 e. The third kappa shape index (κ3) is 3.35. The first-order valence-electron chi connectivity index (χ1n) is 7.65. The van der Waals surface area contributed by atoms with Gasteiger partial charge in [-0.1, -0.05) is 0 Å². The van der Waals surface area contributed by atoms with Gasteiger partial charge < -0.3 is 15.0 Å². The highest BCUT2D eigenvalue weighted by Gasteiger charge is 2.36. The van der Waals surface area contributed by atoms with Gasteiger partial charge in [-0.15, -0.1) is 0 Å². The Balaban J connectivity index is 2.16. The van der Waals surface area contributed by atoms with Crippen LogP contribution < -0.4 is 5.32 Å². The van der Waals surface area contributed by atoms with Crippen molar-refractivity contribution in [2.24, 2.45) is 0 Å². The number of hydrogen-bond donors (Lipinski definition) is 1. The van der Waals surface area contributed by atoms with Crippen LogP contribution in [0.1, 0.15) is 44.6 Å². The molecule has 1 aromatic heterocycles. The van der Waals surface area contributed by atoms with Gasteiger partial charge in [-0.3, -0.25) is 9.78 Å². The van der Waals surface area contributed by atoms with E-state index in [1.54, 1.807) is 11.1 Å². The fourth-order valence-electron chi connectivity index (χ4n) is 2.63. The lowest BCUT2D eigenvalue weighted by Crippen LogP contribution is -2.41. The van der Waals surface area contributed by atoms with Gasteiger partial charge >= 0.3 is 0 Å². The minimum Gasteiger partial charge on any atom is -0.377 e. The van der Waals surface area contributed by atoms with Crippen LogP contribution in [0.5, 0.6) is 0 Å². The quantitative estimate of drug-likeness (QED) is 0.906. The number of pyridine rings is 1. The molecule has 0 spiro atoms. The molecule has 116 valence electrons. The lowest BCUT2D eigenvalue weighted by Gasteiger charge is -2.30. The van der Waals surface area contributed by atoms with Crippen molar-refractivity contribution < 1.29 is 9.53 Å². The summed E-state index contributed by atoms with van der Waals surface area (Å²) < 4.78 is 5.64. The van der Waals surface area contributed by atoms with Crippen molar-refractivity contribution in [3.05, 3.63) is 24.0 Å². The van der Waals surface area contributed by atoms with E-state index in [9.17, 15) is 4.79 Å². The van der Waals surface area contributed by atoms with Crippen LogP contribution >= 0.6 is 0 Å². The second-order valence-corrected chi connectivity index (χ2v) is 5.71. The van der Waals surface area contributed by atoms with Gasteiger partial charge in [-0.2, -0.15) is 0 Å². The normalized spacial score (nSPS) is 24.9. The SMILES string of the molecule is CCN(CC)C(=O)c1cc(NC2(C)CCOC2C)ccn1. The Morgan fingerprint density at radius 2 is 2.24 bits per heavy atom. The van der Waals surface area contributed by atoms with Gasteiger partial charge in [0.1, 0.15) is 5.69 Å². The minimum absolute atomic E-state index is 0.0236. The third-order valence-electron chi connectivity index (χ3n) is 4.35. The summed E-state index contributed by atoms with van der Waals surface area (Å²) >= 11 is 0. The minimum atomic E-state index is -0.100. The van der Waals surface area contributed by atoms with Crippen molar-refractivity contribution in [1.82, 2.24) is 9.88 Å². The monoisotopic (exact) mass is 291 g/mol. The topological polar surface area (TPSA) is 54.5 Å². The molecule has 2 rings (SSSR count). The van der Waals surface area contributed by atoms with E-state index >= 15 is 0 Å². The van der Waals surface area contributed by atoms with Crippen LogP contribution in [0.25, 0.3) is 0 Å². The van der Waals surface area contributed by atoms with Crippen molar-refractivity contribution in [2.75, 3.05) is 25.0 Å². The number of nitrogens with one attached hydrogen (secondary N) is 1. The highest BCUT2D eigenvalue weighted by Crippen LogP contribution is 2.29. The molecule has 2 unspecified atom stereocenters. The van der Waals surface area contributed by atoms with Crippen LogP contribution in [0, 0.1) is 0 Å². The molecule has 1 aliphatic heterocycles. The number of carbonyl (C=O) groups is 1. The Labute approximate surface area is 126 Å². The fourth-order valence-corrected chi connectivity index (χ4v) is 2.63. The molecule has 2 atom stereocenters. The van der Waals surface area contributed by atoms with E-state index < -0.39 is 0 Å². The molecule has 0 aliphatic carbocycles. The van der Waals surface area contributed by atoms with Crippen LogP contribution in [-0.2, 0) is 4.74 Å². The van der Waals surface area contributed by atoms with Crippen LogP contribution in [0.3, 0.4) is 0 Å². The summed E-state index contributed by atoms with van der Waals surface area (Å²) in [7, 11) is 0. The van der Waals surface area contributed by atoms with Crippen LogP contribution in [-0.4, -0.2) is 47.1 Å². The summed E-state index contributed by atoms with van der Waals surface area (Å²) in [5.41, 5.74) is 1.30. The van der Waals surface area contributed by atoms with Crippen LogP contribution in [0.2, 0.25) is 0 Å². The Bertz CT molecular complexity index is 502. The van der Waals surface area contributed by atoms with E-state index in [0.717, 1.165) is 18.7 Å². The number of aromatic nitrogens is 1. The average Bonchev–Trinajstić information content (AvgIpc) is 2.79. The highest BCUT2D eigenvalue weighted by molar-refractivity contribution is 5.93. The zero-order chi connectivity index (χ0) is 15.5. The van der Waals surface area contributed by atoms with Crippen molar-refractivity contribution in [3.8, 4) is 0 Å².